The van der Waals surface area contributed by atoms with Crippen molar-refractivity contribution in [1.82, 2.24) is 0 Å². The number of hydrogen-bond acceptors (Lipinski definition) is 2. The molecule has 2 saturated heterocycles. The molecule has 3 aliphatic heterocycles. The molecule has 1 spiro atoms. The average Bonchev–Trinajstić information content (AvgIpc) is 3.33. The molecule has 2 fully saturated rings. The maximum absolute atomic E-state index is 11.8. The van der Waals surface area contributed by atoms with E-state index in [1.54, 1.807) is 0 Å². The molecule has 1 N–H and O–H groups in total. The number of quaternary nitrogens is 1. The zero-order valence-electron chi connectivity index (χ0n) is 15.3. The number of hydrogen-bond donors (Lipinski definition) is 1. The van der Waals surface area contributed by atoms with Crippen molar-refractivity contribution >= 4 is 29.3 Å². The smallest absolute Gasteiger partial charge is 0.306 e. The standard InChI is InChI=1S/C22H22ClNO2S/c1-2-24-10-9-14(21(25)26)11-20(24)22(24)17-6-4-3-5-15(17)13-27-19-8-7-16(23)12-18(19)22/h3-8,12,14,20H,2,9-11,13H2,1H3/p+1/t14?,20?,22-,24?/m1/s1. The number of carboxylic acids is 1. The van der Waals surface area contributed by atoms with Crippen LogP contribution in [0.2, 0.25) is 5.02 Å². The SMILES string of the molecule is CC[N+]12CCC(C(=O)O)CC1[C@]21c2ccccc2CSc2ccc(Cl)cc21. The van der Waals surface area contributed by atoms with Crippen molar-refractivity contribution < 1.29 is 14.4 Å². The predicted molar refractivity (Wildman–Crippen MR) is 108 cm³/mol. The molecular formula is C22H23ClNO2S+. The van der Waals surface area contributed by atoms with Gasteiger partial charge in [0.2, 0.25) is 5.54 Å². The molecule has 4 atom stereocenters. The second kappa shape index (κ2) is 6.00. The van der Waals surface area contributed by atoms with Crippen LogP contribution < -0.4 is 0 Å². The van der Waals surface area contributed by atoms with Crippen LogP contribution in [0.1, 0.15) is 36.5 Å². The highest BCUT2D eigenvalue weighted by atomic mass is 35.5. The largest absolute Gasteiger partial charge is 0.481 e. The molecule has 3 nitrogen and oxygen atoms in total. The summed E-state index contributed by atoms with van der Waals surface area (Å²) in [5, 5.41) is 10.4. The number of piperidine rings is 1. The van der Waals surface area contributed by atoms with Crippen molar-refractivity contribution in [3.05, 3.63) is 64.2 Å². The summed E-state index contributed by atoms with van der Waals surface area (Å²) in [7, 11) is 0. The van der Waals surface area contributed by atoms with E-state index in [4.69, 9.17) is 11.6 Å². The molecule has 0 bridgehead atoms. The molecule has 5 rings (SSSR count). The van der Waals surface area contributed by atoms with E-state index in [0.29, 0.717) is 6.04 Å². The number of carboxylic acid groups (broad SMARTS) is 1. The average molecular weight is 401 g/mol. The van der Waals surface area contributed by atoms with Gasteiger partial charge in [0.15, 0.2) is 6.04 Å². The summed E-state index contributed by atoms with van der Waals surface area (Å²) in [6, 6.07) is 15.4. The Bertz CT molecular complexity index is 948. The van der Waals surface area contributed by atoms with E-state index in [1.807, 2.05) is 17.8 Å². The molecule has 3 aliphatic rings. The van der Waals surface area contributed by atoms with E-state index in [9.17, 15) is 9.90 Å². The number of benzene rings is 2. The van der Waals surface area contributed by atoms with Gasteiger partial charge in [-0.2, -0.15) is 0 Å². The zero-order valence-corrected chi connectivity index (χ0v) is 16.9. The summed E-state index contributed by atoms with van der Waals surface area (Å²) in [5.41, 5.74) is 3.92. The minimum atomic E-state index is -0.645. The Balaban J connectivity index is 1.78. The molecule has 0 aliphatic carbocycles. The topological polar surface area (TPSA) is 37.3 Å². The molecule has 0 amide bonds. The van der Waals surface area contributed by atoms with Crippen LogP contribution in [-0.2, 0) is 16.1 Å². The third-order valence-corrected chi connectivity index (χ3v) is 8.53. The Morgan fingerprint density at radius 3 is 2.89 bits per heavy atom. The van der Waals surface area contributed by atoms with Gasteiger partial charge in [0, 0.05) is 39.6 Å². The molecule has 3 unspecified atom stereocenters. The van der Waals surface area contributed by atoms with Crippen LogP contribution >= 0.6 is 23.4 Å². The monoisotopic (exact) mass is 400 g/mol. The Labute approximate surface area is 168 Å². The summed E-state index contributed by atoms with van der Waals surface area (Å²) in [5.74, 6) is 0.0668. The summed E-state index contributed by atoms with van der Waals surface area (Å²) in [6.07, 6.45) is 1.50. The Kier molecular flexibility index (Phi) is 3.91. The second-order valence-electron chi connectivity index (χ2n) is 8.00. The van der Waals surface area contributed by atoms with Gasteiger partial charge in [-0.05, 0) is 30.7 Å². The van der Waals surface area contributed by atoms with Gasteiger partial charge in [-0.1, -0.05) is 35.9 Å². The van der Waals surface area contributed by atoms with Crippen molar-refractivity contribution in [2.75, 3.05) is 13.1 Å². The van der Waals surface area contributed by atoms with Crippen LogP contribution in [0, 0.1) is 5.92 Å². The normalized spacial score (nSPS) is 33.6. The van der Waals surface area contributed by atoms with E-state index in [2.05, 4.69) is 43.3 Å². The third-order valence-electron chi connectivity index (χ3n) is 7.17. The first kappa shape index (κ1) is 17.6. The van der Waals surface area contributed by atoms with Crippen molar-refractivity contribution in [2.24, 2.45) is 5.92 Å². The Morgan fingerprint density at radius 2 is 2.11 bits per heavy atom. The van der Waals surface area contributed by atoms with Gasteiger partial charge in [0.05, 0.1) is 19.0 Å². The molecule has 5 heteroatoms. The third kappa shape index (κ3) is 2.18. The van der Waals surface area contributed by atoms with E-state index in [-0.39, 0.29) is 11.5 Å². The van der Waals surface area contributed by atoms with Gasteiger partial charge < -0.3 is 5.11 Å². The molecule has 0 aromatic heterocycles. The van der Waals surface area contributed by atoms with E-state index < -0.39 is 5.97 Å². The fourth-order valence-corrected chi connectivity index (χ4v) is 7.28. The van der Waals surface area contributed by atoms with Gasteiger partial charge in [-0.25, -0.2) is 0 Å². The quantitative estimate of drug-likeness (QED) is 0.575. The first-order valence-electron chi connectivity index (χ1n) is 9.65. The van der Waals surface area contributed by atoms with Crippen LogP contribution in [-0.4, -0.2) is 34.7 Å². The zero-order chi connectivity index (χ0) is 18.8. The number of halogens is 1. The van der Waals surface area contributed by atoms with Gasteiger partial charge in [-0.3, -0.25) is 9.28 Å². The Morgan fingerprint density at radius 1 is 1.30 bits per heavy atom. The molecular weight excluding hydrogens is 378 g/mol. The molecule has 27 heavy (non-hydrogen) atoms. The molecule has 140 valence electrons. The number of likely N-dealkylation sites (N-methyl/N-ethyl adjacent to an activating group) is 1. The number of nitrogens with zero attached hydrogens (tertiary/aromatic N) is 1. The fraction of sp³-hybridized carbons (Fsp3) is 0.409. The number of aliphatic carboxylic acids is 1. The lowest BCUT2D eigenvalue weighted by Crippen LogP contribution is -2.41. The summed E-state index contributed by atoms with van der Waals surface area (Å²) in [4.78, 5) is 13.1. The van der Waals surface area contributed by atoms with Crippen LogP contribution in [0.3, 0.4) is 0 Å². The van der Waals surface area contributed by atoms with E-state index in [1.165, 1.54) is 21.6 Å². The predicted octanol–water partition coefficient (Wildman–Crippen LogP) is 4.90. The maximum atomic E-state index is 11.8. The highest BCUT2D eigenvalue weighted by Crippen LogP contribution is 2.68. The molecule has 0 radical (unpaired) electrons. The van der Waals surface area contributed by atoms with Crippen molar-refractivity contribution in [3.8, 4) is 0 Å². The Hall–Kier alpha value is -1.49. The lowest BCUT2D eigenvalue weighted by atomic mass is 9.82. The van der Waals surface area contributed by atoms with Gasteiger partial charge in [0.25, 0.3) is 0 Å². The van der Waals surface area contributed by atoms with Gasteiger partial charge in [0.1, 0.15) is 0 Å². The first-order chi connectivity index (χ1) is 13.0. The summed E-state index contributed by atoms with van der Waals surface area (Å²) >= 11 is 8.35. The minimum absolute atomic E-state index is 0.153. The number of rotatable bonds is 2. The number of fused-ring (bicyclic) bond motifs is 7. The molecule has 2 aromatic rings. The van der Waals surface area contributed by atoms with Crippen LogP contribution in [0.5, 0.6) is 0 Å². The summed E-state index contributed by atoms with van der Waals surface area (Å²) < 4.78 is 0.974. The van der Waals surface area contributed by atoms with E-state index >= 15 is 0 Å². The van der Waals surface area contributed by atoms with E-state index in [0.717, 1.165) is 41.2 Å². The molecule has 0 saturated carbocycles. The van der Waals surface area contributed by atoms with Crippen LogP contribution in [0.25, 0.3) is 0 Å². The van der Waals surface area contributed by atoms with Crippen LogP contribution in [0.15, 0.2) is 47.4 Å². The summed E-state index contributed by atoms with van der Waals surface area (Å²) in [6.45, 7) is 4.19. The highest BCUT2D eigenvalue weighted by Gasteiger charge is 2.82. The lowest BCUT2D eigenvalue weighted by molar-refractivity contribution is -0.845. The van der Waals surface area contributed by atoms with Crippen LogP contribution in [0.4, 0.5) is 0 Å². The van der Waals surface area contributed by atoms with Crippen molar-refractivity contribution in [3.63, 3.8) is 0 Å². The fourth-order valence-electron chi connectivity index (χ4n) is 6.02. The van der Waals surface area contributed by atoms with Crippen molar-refractivity contribution in [1.29, 1.82) is 0 Å². The first-order valence-corrected chi connectivity index (χ1v) is 11.0. The maximum Gasteiger partial charge on any atom is 0.306 e. The molecule has 3 heterocycles. The highest BCUT2D eigenvalue weighted by molar-refractivity contribution is 7.98. The van der Waals surface area contributed by atoms with Gasteiger partial charge >= 0.3 is 5.97 Å². The minimum Gasteiger partial charge on any atom is -0.481 e. The van der Waals surface area contributed by atoms with Gasteiger partial charge in [-0.15, -0.1) is 11.8 Å². The molecule has 2 aromatic carbocycles. The number of carbonyl (C=O) groups is 1. The second-order valence-corrected chi connectivity index (χ2v) is 9.46. The van der Waals surface area contributed by atoms with Crippen molar-refractivity contribution in [2.45, 2.75) is 42.0 Å². The number of thioether (sulfide) groups is 1. The lowest BCUT2D eigenvalue weighted by Gasteiger charge is -2.30.